The van der Waals surface area contributed by atoms with E-state index in [9.17, 15) is 4.39 Å². The molecule has 19 heavy (non-hydrogen) atoms. The number of hydrogen-bond acceptors (Lipinski definition) is 3. The molecule has 0 unspecified atom stereocenters. The molecule has 0 bridgehead atoms. The van der Waals surface area contributed by atoms with Crippen molar-refractivity contribution in [2.45, 2.75) is 13.5 Å². The van der Waals surface area contributed by atoms with Crippen molar-refractivity contribution in [3.63, 3.8) is 0 Å². The molecule has 0 spiro atoms. The van der Waals surface area contributed by atoms with Crippen LogP contribution in [-0.4, -0.2) is 18.6 Å². The molecule has 1 N–H and O–H groups in total. The summed E-state index contributed by atoms with van der Waals surface area (Å²) in [5.41, 5.74) is 2.49. The molecule has 100 valence electrons. The molecule has 1 heterocycles. The van der Waals surface area contributed by atoms with Crippen LogP contribution in [0.5, 0.6) is 5.75 Å². The predicted octanol–water partition coefficient (Wildman–Crippen LogP) is 3.01. The minimum Gasteiger partial charge on any atom is -0.492 e. The maximum absolute atomic E-state index is 13.6. The average molecular weight is 260 g/mol. The number of pyridine rings is 1. The molecule has 3 nitrogen and oxygen atoms in total. The second kappa shape index (κ2) is 6.29. The van der Waals surface area contributed by atoms with Gasteiger partial charge >= 0.3 is 0 Å². The maximum Gasteiger partial charge on any atom is 0.138 e. The van der Waals surface area contributed by atoms with E-state index in [4.69, 9.17) is 4.74 Å². The van der Waals surface area contributed by atoms with Gasteiger partial charge in [-0.1, -0.05) is 6.07 Å². The Morgan fingerprint density at radius 3 is 2.79 bits per heavy atom. The van der Waals surface area contributed by atoms with Crippen molar-refractivity contribution in [1.29, 1.82) is 0 Å². The van der Waals surface area contributed by atoms with Gasteiger partial charge in [0.1, 0.15) is 11.6 Å². The third-order valence-corrected chi connectivity index (χ3v) is 2.77. The molecule has 0 amide bonds. The highest BCUT2D eigenvalue weighted by atomic mass is 19.1. The fraction of sp³-hybridized carbons (Fsp3) is 0.267. The molecular weight excluding hydrogens is 243 g/mol. The summed E-state index contributed by atoms with van der Waals surface area (Å²) in [7, 11) is 1.80. The van der Waals surface area contributed by atoms with E-state index >= 15 is 0 Å². The van der Waals surface area contributed by atoms with Gasteiger partial charge in [-0.3, -0.25) is 4.98 Å². The van der Waals surface area contributed by atoms with E-state index in [-0.39, 0.29) is 5.82 Å². The summed E-state index contributed by atoms with van der Waals surface area (Å²) in [5.74, 6) is 0.520. The molecule has 1 aromatic carbocycles. The van der Waals surface area contributed by atoms with Crippen LogP contribution in [0.4, 0.5) is 4.39 Å². The summed E-state index contributed by atoms with van der Waals surface area (Å²) in [4.78, 5) is 4.14. The molecule has 2 aromatic rings. The SMILES string of the molecule is CCOc1cncc(-c2ccc(F)c(CNC)c2)c1. The molecule has 2 rings (SSSR count). The van der Waals surface area contributed by atoms with Crippen LogP contribution in [0.1, 0.15) is 12.5 Å². The summed E-state index contributed by atoms with van der Waals surface area (Å²) >= 11 is 0. The molecule has 0 fully saturated rings. The van der Waals surface area contributed by atoms with E-state index in [1.165, 1.54) is 6.07 Å². The molecular formula is C15H17FN2O. The van der Waals surface area contributed by atoms with E-state index in [0.717, 1.165) is 16.9 Å². The number of hydrogen-bond donors (Lipinski definition) is 1. The molecule has 0 saturated heterocycles. The Morgan fingerprint density at radius 2 is 2.05 bits per heavy atom. The van der Waals surface area contributed by atoms with Crippen molar-refractivity contribution in [2.24, 2.45) is 0 Å². The molecule has 0 radical (unpaired) electrons. The van der Waals surface area contributed by atoms with Gasteiger partial charge in [0.15, 0.2) is 0 Å². The Labute approximate surface area is 112 Å². The van der Waals surface area contributed by atoms with Crippen LogP contribution >= 0.6 is 0 Å². The molecule has 1 aromatic heterocycles. The number of benzene rings is 1. The van der Waals surface area contributed by atoms with Gasteiger partial charge in [0.05, 0.1) is 12.8 Å². The predicted molar refractivity (Wildman–Crippen MR) is 73.6 cm³/mol. The van der Waals surface area contributed by atoms with E-state index in [1.807, 2.05) is 19.1 Å². The Balaban J connectivity index is 2.35. The first-order chi connectivity index (χ1) is 9.24. The zero-order valence-electron chi connectivity index (χ0n) is 11.1. The van der Waals surface area contributed by atoms with E-state index < -0.39 is 0 Å². The van der Waals surface area contributed by atoms with Crippen molar-refractivity contribution in [3.8, 4) is 16.9 Å². The fourth-order valence-corrected chi connectivity index (χ4v) is 1.90. The monoisotopic (exact) mass is 260 g/mol. The molecule has 4 heteroatoms. The number of nitrogens with one attached hydrogen (secondary N) is 1. The number of nitrogens with zero attached hydrogens (tertiary/aromatic N) is 1. The van der Waals surface area contributed by atoms with E-state index in [1.54, 1.807) is 25.5 Å². The fourth-order valence-electron chi connectivity index (χ4n) is 1.90. The van der Waals surface area contributed by atoms with Crippen molar-refractivity contribution >= 4 is 0 Å². The second-order valence-corrected chi connectivity index (χ2v) is 4.18. The highest BCUT2D eigenvalue weighted by Crippen LogP contribution is 2.24. The Morgan fingerprint density at radius 1 is 1.21 bits per heavy atom. The Hall–Kier alpha value is -1.94. The number of ether oxygens (including phenoxy) is 1. The van der Waals surface area contributed by atoms with Gasteiger partial charge in [0.25, 0.3) is 0 Å². The summed E-state index contributed by atoms with van der Waals surface area (Å²) in [6.07, 6.45) is 3.42. The smallest absolute Gasteiger partial charge is 0.138 e. The zero-order valence-corrected chi connectivity index (χ0v) is 11.1. The summed E-state index contributed by atoms with van der Waals surface area (Å²) in [5, 5.41) is 2.95. The number of aromatic nitrogens is 1. The zero-order chi connectivity index (χ0) is 13.7. The van der Waals surface area contributed by atoms with Gasteiger partial charge in [0, 0.05) is 23.9 Å². The topological polar surface area (TPSA) is 34.1 Å². The molecule has 0 aliphatic heterocycles. The standard InChI is InChI=1S/C15H17FN2O/c1-3-19-14-7-12(9-18-10-14)11-4-5-15(16)13(6-11)8-17-2/h4-7,9-10,17H,3,8H2,1-2H3. The van der Waals surface area contributed by atoms with Crippen LogP contribution in [-0.2, 0) is 6.54 Å². The van der Waals surface area contributed by atoms with Crippen LogP contribution in [0.3, 0.4) is 0 Å². The molecule has 0 aliphatic carbocycles. The Kier molecular flexibility index (Phi) is 4.47. The van der Waals surface area contributed by atoms with Crippen molar-refractivity contribution < 1.29 is 9.13 Å². The van der Waals surface area contributed by atoms with Crippen LogP contribution in [0.25, 0.3) is 11.1 Å². The lowest BCUT2D eigenvalue weighted by molar-refractivity contribution is 0.339. The van der Waals surface area contributed by atoms with Crippen LogP contribution in [0, 0.1) is 5.82 Å². The lowest BCUT2D eigenvalue weighted by Gasteiger charge is -2.08. The minimum absolute atomic E-state index is 0.202. The maximum atomic E-state index is 13.6. The molecule has 0 aliphatic rings. The molecule has 0 atom stereocenters. The van der Waals surface area contributed by atoms with Gasteiger partial charge in [-0.2, -0.15) is 0 Å². The van der Waals surface area contributed by atoms with E-state index in [0.29, 0.717) is 18.7 Å². The lowest BCUT2D eigenvalue weighted by Crippen LogP contribution is -2.07. The van der Waals surface area contributed by atoms with Gasteiger partial charge in [0.2, 0.25) is 0 Å². The van der Waals surface area contributed by atoms with Crippen LogP contribution < -0.4 is 10.1 Å². The van der Waals surface area contributed by atoms with Crippen molar-refractivity contribution in [3.05, 3.63) is 48.0 Å². The number of rotatable bonds is 5. The highest BCUT2D eigenvalue weighted by Gasteiger charge is 2.06. The first-order valence-corrected chi connectivity index (χ1v) is 6.26. The number of halogens is 1. The van der Waals surface area contributed by atoms with E-state index in [2.05, 4.69) is 10.3 Å². The normalized spacial score (nSPS) is 10.5. The lowest BCUT2D eigenvalue weighted by atomic mass is 10.0. The molecule has 0 saturated carbocycles. The van der Waals surface area contributed by atoms with Gasteiger partial charge in [-0.05, 0) is 37.7 Å². The largest absolute Gasteiger partial charge is 0.492 e. The van der Waals surface area contributed by atoms with Gasteiger partial charge < -0.3 is 10.1 Å². The van der Waals surface area contributed by atoms with Crippen LogP contribution in [0.2, 0.25) is 0 Å². The first-order valence-electron chi connectivity index (χ1n) is 6.26. The van der Waals surface area contributed by atoms with Gasteiger partial charge in [-0.15, -0.1) is 0 Å². The average Bonchev–Trinajstić information content (AvgIpc) is 2.42. The summed E-state index contributed by atoms with van der Waals surface area (Å²) in [6.45, 7) is 3.02. The highest BCUT2D eigenvalue weighted by molar-refractivity contribution is 5.64. The van der Waals surface area contributed by atoms with Gasteiger partial charge in [-0.25, -0.2) is 4.39 Å². The van der Waals surface area contributed by atoms with Crippen LogP contribution in [0.15, 0.2) is 36.7 Å². The Bertz CT molecular complexity index is 558. The second-order valence-electron chi connectivity index (χ2n) is 4.18. The quantitative estimate of drug-likeness (QED) is 0.897. The third-order valence-electron chi connectivity index (χ3n) is 2.77. The van der Waals surface area contributed by atoms with Crippen molar-refractivity contribution in [2.75, 3.05) is 13.7 Å². The third kappa shape index (κ3) is 3.29. The minimum atomic E-state index is -0.202. The first kappa shape index (κ1) is 13.5. The van der Waals surface area contributed by atoms with Crippen molar-refractivity contribution in [1.82, 2.24) is 10.3 Å². The summed E-state index contributed by atoms with van der Waals surface area (Å²) in [6, 6.07) is 6.97. The summed E-state index contributed by atoms with van der Waals surface area (Å²) < 4.78 is 19.0.